The zero-order chi connectivity index (χ0) is 22.6. The summed E-state index contributed by atoms with van der Waals surface area (Å²) in [5.41, 5.74) is 0.816. The van der Waals surface area contributed by atoms with E-state index in [1.807, 2.05) is 20.8 Å². The molecule has 0 radical (unpaired) electrons. The molecule has 1 aliphatic heterocycles. The van der Waals surface area contributed by atoms with Crippen LogP contribution in [-0.4, -0.2) is 50.6 Å². The van der Waals surface area contributed by atoms with Crippen LogP contribution in [0.15, 0.2) is 30.3 Å². The topological polar surface area (TPSA) is 50.8 Å². The van der Waals surface area contributed by atoms with Crippen LogP contribution in [-0.2, 0) is 15.7 Å². The highest BCUT2D eigenvalue weighted by molar-refractivity contribution is 6.74. The molecular formula is C24H42N2O3Si. The molecule has 1 heterocycles. The van der Waals surface area contributed by atoms with E-state index >= 15 is 0 Å². The van der Waals surface area contributed by atoms with E-state index in [9.17, 15) is 4.79 Å². The number of nitrogens with zero attached hydrogens (tertiary/aromatic N) is 1. The standard InChI is InChI=1S/C24H42N2O3Si/c1-23(2,3)29-22(27)25-21(18-28-30(7,8)24(4,5)6)20-14-15-26(17-20)16-19-12-10-9-11-13-19/h9-13,20-21H,14-18H2,1-8H3,(H,25,27)/t20-,21+/m0/s1. The Balaban J connectivity index is 2.04. The average Bonchev–Trinajstić information content (AvgIpc) is 3.05. The van der Waals surface area contributed by atoms with Crippen LogP contribution in [0.2, 0.25) is 18.1 Å². The van der Waals surface area contributed by atoms with Crippen LogP contribution in [0.5, 0.6) is 0 Å². The highest BCUT2D eigenvalue weighted by Gasteiger charge is 2.39. The van der Waals surface area contributed by atoms with E-state index in [1.54, 1.807) is 0 Å². The monoisotopic (exact) mass is 434 g/mol. The van der Waals surface area contributed by atoms with Crippen molar-refractivity contribution in [2.24, 2.45) is 5.92 Å². The largest absolute Gasteiger partial charge is 0.444 e. The molecule has 1 aliphatic rings. The fourth-order valence-corrected chi connectivity index (χ4v) is 4.47. The van der Waals surface area contributed by atoms with Crippen molar-refractivity contribution in [1.82, 2.24) is 10.2 Å². The fraction of sp³-hybridized carbons (Fsp3) is 0.708. The third-order valence-electron chi connectivity index (χ3n) is 6.26. The lowest BCUT2D eigenvalue weighted by Crippen LogP contribution is -2.50. The summed E-state index contributed by atoms with van der Waals surface area (Å²) in [5, 5.41) is 3.27. The SMILES string of the molecule is CC(C)(C)OC(=O)N[C@H](CO[Si](C)(C)C(C)(C)C)[C@H]1CCN(Cc2ccccc2)C1. The number of nitrogens with one attached hydrogen (secondary N) is 1. The maximum absolute atomic E-state index is 12.5. The summed E-state index contributed by atoms with van der Waals surface area (Å²) >= 11 is 0. The second-order valence-electron chi connectivity index (χ2n) is 11.1. The number of alkyl carbamates (subject to hydrolysis) is 1. The molecule has 0 saturated carbocycles. The maximum Gasteiger partial charge on any atom is 0.407 e. The fourth-order valence-electron chi connectivity index (χ4n) is 3.45. The van der Waals surface area contributed by atoms with E-state index in [0.717, 1.165) is 26.1 Å². The molecule has 170 valence electrons. The Bertz CT molecular complexity index is 680. The van der Waals surface area contributed by atoms with Crippen molar-refractivity contribution in [3.8, 4) is 0 Å². The molecular weight excluding hydrogens is 392 g/mol. The zero-order valence-electron chi connectivity index (χ0n) is 20.2. The van der Waals surface area contributed by atoms with Gasteiger partial charge in [0.15, 0.2) is 8.32 Å². The van der Waals surface area contributed by atoms with Crippen LogP contribution >= 0.6 is 0 Å². The summed E-state index contributed by atoms with van der Waals surface area (Å²) < 4.78 is 12.0. The number of amides is 1. The van der Waals surface area contributed by atoms with Crippen LogP contribution in [0.1, 0.15) is 53.5 Å². The molecule has 2 rings (SSSR count). The van der Waals surface area contributed by atoms with Crippen LogP contribution in [0.4, 0.5) is 4.79 Å². The summed E-state index contributed by atoms with van der Waals surface area (Å²) in [6.07, 6.45) is 0.696. The number of hydrogen-bond acceptors (Lipinski definition) is 4. The number of likely N-dealkylation sites (tertiary alicyclic amines) is 1. The summed E-state index contributed by atoms with van der Waals surface area (Å²) in [4.78, 5) is 15.0. The normalized spacial score (nSPS) is 19.5. The minimum absolute atomic E-state index is 0.0465. The molecule has 0 unspecified atom stereocenters. The average molecular weight is 435 g/mol. The molecule has 2 atom stereocenters. The molecule has 5 nitrogen and oxygen atoms in total. The van der Waals surface area contributed by atoms with E-state index < -0.39 is 13.9 Å². The summed E-state index contributed by atoms with van der Waals surface area (Å²) in [6, 6.07) is 10.5. The van der Waals surface area contributed by atoms with Gasteiger partial charge in [-0.15, -0.1) is 0 Å². The van der Waals surface area contributed by atoms with E-state index in [0.29, 0.717) is 12.5 Å². The van der Waals surface area contributed by atoms with Crippen molar-refractivity contribution in [2.75, 3.05) is 19.7 Å². The number of ether oxygens (including phenoxy) is 1. The molecule has 6 heteroatoms. The van der Waals surface area contributed by atoms with Gasteiger partial charge in [0.05, 0.1) is 12.6 Å². The number of carbonyl (C=O) groups is 1. The van der Waals surface area contributed by atoms with Gasteiger partial charge in [-0.05, 0) is 63.4 Å². The van der Waals surface area contributed by atoms with Crippen molar-refractivity contribution in [3.05, 3.63) is 35.9 Å². The van der Waals surface area contributed by atoms with Crippen LogP contribution < -0.4 is 5.32 Å². The summed E-state index contributed by atoms with van der Waals surface area (Å²) in [6.45, 7) is 20.4. The second-order valence-corrected chi connectivity index (χ2v) is 15.9. The predicted molar refractivity (Wildman–Crippen MR) is 126 cm³/mol. The lowest BCUT2D eigenvalue weighted by atomic mass is 10.00. The summed E-state index contributed by atoms with van der Waals surface area (Å²) in [5.74, 6) is 0.353. The van der Waals surface area contributed by atoms with Gasteiger partial charge in [0.2, 0.25) is 0 Å². The first-order valence-corrected chi connectivity index (χ1v) is 14.1. The van der Waals surface area contributed by atoms with Gasteiger partial charge in [-0.2, -0.15) is 0 Å². The molecule has 0 spiro atoms. The molecule has 30 heavy (non-hydrogen) atoms. The molecule has 0 bridgehead atoms. The van der Waals surface area contributed by atoms with Crippen molar-refractivity contribution < 1.29 is 14.0 Å². The number of benzene rings is 1. The van der Waals surface area contributed by atoms with Crippen molar-refractivity contribution >= 4 is 14.4 Å². The first-order chi connectivity index (χ1) is 13.8. The van der Waals surface area contributed by atoms with Gasteiger partial charge in [-0.25, -0.2) is 4.79 Å². The Morgan fingerprint density at radius 1 is 1.17 bits per heavy atom. The van der Waals surface area contributed by atoms with Gasteiger partial charge >= 0.3 is 6.09 Å². The van der Waals surface area contributed by atoms with Gasteiger partial charge in [0.1, 0.15) is 5.60 Å². The molecule has 0 aliphatic carbocycles. The molecule has 1 aromatic rings. The van der Waals surface area contributed by atoms with E-state index in [1.165, 1.54) is 5.56 Å². The number of carbonyl (C=O) groups excluding carboxylic acids is 1. The van der Waals surface area contributed by atoms with Gasteiger partial charge in [0, 0.05) is 13.1 Å². The Kier molecular flexibility index (Phi) is 8.16. The van der Waals surface area contributed by atoms with Crippen molar-refractivity contribution in [1.29, 1.82) is 0 Å². The van der Waals surface area contributed by atoms with Crippen LogP contribution in [0, 0.1) is 5.92 Å². The van der Waals surface area contributed by atoms with Gasteiger partial charge < -0.3 is 14.5 Å². The quantitative estimate of drug-likeness (QED) is 0.582. The van der Waals surface area contributed by atoms with E-state index in [-0.39, 0.29) is 17.2 Å². The number of rotatable bonds is 7. The van der Waals surface area contributed by atoms with Gasteiger partial charge in [0.25, 0.3) is 0 Å². The summed E-state index contributed by atoms with van der Waals surface area (Å²) in [7, 11) is -1.90. The predicted octanol–water partition coefficient (Wildman–Crippen LogP) is 5.42. The lowest BCUT2D eigenvalue weighted by molar-refractivity contribution is 0.0459. The van der Waals surface area contributed by atoms with Gasteiger partial charge in [-0.3, -0.25) is 4.90 Å². The van der Waals surface area contributed by atoms with Crippen LogP contribution in [0.3, 0.4) is 0 Å². The van der Waals surface area contributed by atoms with Crippen molar-refractivity contribution in [2.45, 2.75) is 84.3 Å². The highest BCUT2D eigenvalue weighted by atomic mass is 28.4. The first kappa shape index (κ1) is 24.9. The molecule has 1 fully saturated rings. The van der Waals surface area contributed by atoms with Gasteiger partial charge in [-0.1, -0.05) is 51.1 Å². The Labute approximate surface area is 184 Å². The maximum atomic E-state index is 12.5. The number of hydrogen-bond donors (Lipinski definition) is 1. The van der Waals surface area contributed by atoms with Crippen LogP contribution in [0.25, 0.3) is 0 Å². The van der Waals surface area contributed by atoms with E-state index in [2.05, 4.69) is 74.4 Å². The molecule has 1 saturated heterocycles. The smallest absolute Gasteiger partial charge is 0.407 e. The second kappa shape index (κ2) is 9.84. The molecule has 1 amide bonds. The minimum Gasteiger partial charge on any atom is -0.444 e. The van der Waals surface area contributed by atoms with E-state index in [4.69, 9.17) is 9.16 Å². The molecule has 0 aromatic heterocycles. The third kappa shape index (κ3) is 7.71. The zero-order valence-corrected chi connectivity index (χ0v) is 21.2. The first-order valence-electron chi connectivity index (χ1n) is 11.2. The Morgan fingerprint density at radius 3 is 2.37 bits per heavy atom. The van der Waals surface area contributed by atoms with Crippen molar-refractivity contribution in [3.63, 3.8) is 0 Å². The molecule has 1 N–H and O–H groups in total. The Hall–Kier alpha value is -1.37. The minimum atomic E-state index is -1.90. The lowest BCUT2D eigenvalue weighted by Gasteiger charge is -2.38. The highest BCUT2D eigenvalue weighted by Crippen LogP contribution is 2.37. The molecule has 1 aromatic carbocycles. The third-order valence-corrected chi connectivity index (χ3v) is 10.8. The Morgan fingerprint density at radius 2 is 1.80 bits per heavy atom.